The normalized spacial score (nSPS) is 22.0. The summed E-state index contributed by atoms with van der Waals surface area (Å²) in [7, 11) is 0. The summed E-state index contributed by atoms with van der Waals surface area (Å²) in [5, 5.41) is 19.8. The second-order valence-electron chi connectivity index (χ2n) is 13.1. The minimum atomic E-state index is -0.709. The molecule has 10 nitrogen and oxygen atoms in total. The second-order valence-corrected chi connectivity index (χ2v) is 13.1. The lowest BCUT2D eigenvalue weighted by atomic mass is 9.93. The molecule has 1 aromatic carbocycles. The molecule has 2 N–H and O–H groups in total. The van der Waals surface area contributed by atoms with Crippen LogP contribution >= 0.6 is 0 Å². The molecular weight excluding hydrogens is 527 g/mol. The minimum absolute atomic E-state index is 0.00633. The van der Waals surface area contributed by atoms with Gasteiger partial charge < -0.3 is 29.5 Å². The molecule has 0 saturated carbocycles. The Kier molecular flexibility index (Phi) is 6.39. The van der Waals surface area contributed by atoms with Crippen LogP contribution in [0.15, 0.2) is 24.3 Å². The van der Waals surface area contributed by atoms with E-state index in [0.717, 1.165) is 29.5 Å². The van der Waals surface area contributed by atoms with Crippen molar-refractivity contribution in [2.24, 2.45) is 0 Å². The second kappa shape index (κ2) is 9.60. The monoisotopic (exact) mass is 564 g/mol. The largest absolute Gasteiger partial charge is 0.504 e. The van der Waals surface area contributed by atoms with E-state index in [1.807, 2.05) is 50.5 Å². The Labute approximate surface area is 238 Å². The van der Waals surface area contributed by atoms with Gasteiger partial charge in [0.15, 0.2) is 17.2 Å². The fourth-order valence-electron chi connectivity index (χ4n) is 6.58. The van der Waals surface area contributed by atoms with E-state index in [1.165, 1.54) is 12.1 Å². The molecule has 4 aliphatic rings. The maximum Gasteiger partial charge on any atom is 0.410 e. The maximum absolute atomic E-state index is 14.1. The molecule has 2 atom stereocenters. The Hall–Kier alpha value is -3.89. The summed E-state index contributed by atoms with van der Waals surface area (Å²) in [6.07, 6.45) is 2.14. The first-order valence-electron chi connectivity index (χ1n) is 14.2. The molecule has 2 unspecified atom stereocenters. The van der Waals surface area contributed by atoms with Gasteiger partial charge in [-0.1, -0.05) is 6.07 Å². The number of ether oxygens (including phenoxy) is 1. The van der Waals surface area contributed by atoms with Crippen LogP contribution in [0.1, 0.15) is 64.6 Å². The number of halogens is 1. The number of phenolic OH excluding ortho intramolecular Hbond substituents is 1. The predicted molar refractivity (Wildman–Crippen MR) is 151 cm³/mol. The van der Waals surface area contributed by atoms with Gasteiger partial charge in [-0.15, -0.1) is 10.2 Å². The average Bonchev–Trinajstić information content (AvgIpc) is 3.07. The molecule has 2 bridgehead atoms. The molecule has 2 fully saturated rings. The Morgan fingerprint density at radius 3 is 2.68 bits per heavy atom. The molecule has 2 aromatic heterocycles. The van der Waals surface area contributed by atoms with E-state index in [9.17, 15) is 19.1 Å². The number of aromatic hydroxyl groups is 1. The van der Waals surface area contributed by atoms with Crippen molar-refractivity contribution < 1.29 is 23.8 Å². The van der Waals surface area contributed by atoms with Crippen LogP contribution in [0.5, 0.6) is 5.75 Å². The maximum atomic E-state index is 14.1. The van der Waals surface area contributed by atoms with Crippen LogP contribution in [0, 0.1) is 5.82 Å². The topological polar surface area (TPSA) is 115 Å². The summed E-state index contributed by atoms with van der Waals surface area (Å²) in [6.45, 7) is 11.4. The van der Waals surface area contributed by atoms with Crippen LogP contribution in [-0.2, 0) is 11.2 Å². The van der Waals surface area contributed by atoms with Crippen LogP contribution in [0.4, 0.5) is 14.0 Å². The van der Waals surface area contributed by atoms with E-state index in [0.29, 0.717) is 43.9 Å². The molecule has 0 radical (unpaired) electrons. The number of carbonyl (C=O) groups excluding carboxylic acids is 2. The van der Waals surface area contributed by atoms with Gasteiger partial charge in [0.1, 0.15) is 5.60 Å². The summed E-state index contributed by atoms with van der Waals surface area (Å²) in [5.41, 5.74) is 2.37. The molecule has 0 spiro atoms. The molecule has 1 aliphatic carbocycles. The first-order valence-corrected chi connectivity index (χ1v) is 14.2. The van der Waals surface area contributed by atoms with Crippen LogP contribution < -0.4 is 0 Å². The lowest BCUT2D eigenvalue weighted by Gasteiger charge is -2.50. The van der Waals surface area contributed by atoms with Gasteiger partial charge in [0.2, 0.25) is 0 Å². The van der Waals surface area contributed by atoms with E-state index in [2.05, 4.69) is 15.2 Å². The van der Waals surface area contributed by atoms with Crippen molar-refractivity contribution in [2.45, 2.75) is 77.0 Å². The Bertz CT molecular complexity index is 1530. The summed E-state index contributed by atoms with van der Waals surface area (Å²) < 4.78 is 19.6. The fourth-order valence-corrected chi connectivity index (χ4v) is 6.58. The number of para-hydroxylation sites is 1. The zero-order valence-corrected chi connectivity index (χ0v) is 24.2. The van der Waals surface area contributed by atoms with Crippen LogP contribution in [0.3, 0.4) is 0 Å². The van der Waals surface area contributed by atoms with Gasteiger partial charge in [-0.05, 0) is 77.6 Å². The molecule has 2 saturated heterocycles. The Balaban J connectivity index is 1.25. The summed E-state index contributed by atoms with van der Waals surface area (Å²) in [5.74, 6) is -1.03. The molecule has 218 valence electrons. The number of rotatable bonds is 1. The smallest absolute Gasteiger partial charge is 0.410 e. The number of piperazine rings is 1. The number of hydrogen-bond donors (Lipinski definition) is 2. The number of hydrogen-bond acceptors (Lipinski definition) is 6. The standard InChI is InChI=1S/C30H37FN6O4/c1-29(2,3)41-28(40)35-11-12-37(30(4,5)16-35)27(39)36-15-17-9-10-18(36)13-20-21-14-23(33-34-26(21)32-24(17)20)19-7-6-8-22(31)25(19)38/h6-8,14,17-18,38H,9-13,15-16H2,1-5H3,(H,32,34). The van der Waals surface area contributed by atoms with Crippen molar-refractivity contribution in [3.63, 3.8) is 0 Å². The third-order valence-electron chi connectivity index (χ3n) is 8.54. The van der Waals surface area contributed by atoms with Crippen molar-refractivity contribution in [1.29, 1.82) is 0 Å². The molecule has 5 heterocycles. The molecule has 3 amide bonds. The SMILES string of the molecule is CC(C)(C)OC(=O)N1CCN(C(=O)N2CC3CCC2Cc2c3[nH]c3nnc(-c4cccc(F)c4O)cc23)C(C)(C)C1. The summed E-state index contributed by atoms with van der Waals surface area (Å²) in [6, 6.07) is 6.21. The Morgan fingerprint density at radius 1 is 1.17 bits per heavy atom. The van der Waals surface area contributed by atoms with Gasteiger partial charge >= 0.3 is 12.1 Å². The predicted octanol–water partition coefficient (Wildman–Crippen LogP) is 5.03. The Morgan fingerprint density at radius 2 is 1.95 bits per heavy atom. The molecular formula is C30H37FN6O4. The average molecular weight is 565 g/mol. The van der Waals surface area contributed by atoms with E-state index in [-0.39, 0.29) is 29.6 Å². The number of nitrogens with one attached hydrogen (secondary N) is 1. The first-order chi connectivity index (χ1) is 19.3. The van der Waals surface area contributed by atoms with Gasteiger partial charge in [0, 0.05) is 54.8 Å². The number of carbonyl (C=O) groups is 2. The summed E-state index contributed by atoms with van der Waals surface area (Å²) in [4.78, 5) is 35.9. The highest BCUT2D eigenvalue weighted by atomic mass is 19.1. The van der Waals surface area contributed by atoms with Crippen LogP contribution in [-0.4, -0.2) is 90.5 Å². The molecule has 11 heteroatoms. The number of benzene rings is 1. The molecule has 3 aliphatic heterocycles. The van der Waals surface area contributed by atoms with E-state index < -0.39 is 22.7 Å². The zero-order valence-electron chi connectivity index (χ0n) is 24.2. The van der Waals surface area contributed by atoms with Gasteiger partial charge in [-0.2, -0.15) is 0 Å². The number of aromatic amines is 1. The fraction of sp³-hybridized carbons (Fsp3) is 0.533. The minimum Gasteiger partial charge on any atom is -0.504 e. The molecule has 7 rings (SSSR count). The highest BCUT2D eigenvalue weighted by Gasteiger charge is 2.45. The quantitative estimate of drug-likeness (QED) is 0.429. The number of fused-ring (bicyclic) bond motifs is 3. The number of urea groups is 1. The number of piperidine rings is 1. The van der Waals surface area contributed by atoms with E-state index in [4.69, 9.17) is 4.74 Å². The van der Waals surface area contributed by atoms with Gasteiger partial charge in [-0.25, -0.2) is 14.0 Å². The first kappa shape index (κ1) is 27.3. The van der Waals surface area contributed by atoms with E-state index >= 15 is 0 Å². The lowest BCUT2D eigenvalue weighted by Crippen LogP contribution is -2.65. The number of amides is 3. The van der Waals surface area contributed by atoms with E-state index in [1.54, 1.807) is 11.0 Å². The van der Waals surface area contributed by atoms with Gasteiger partial charge in [-0.3, -0.25) is 0 Å². The number of phenols is 1. The van der Waals surface area contributed by atoms with Crippen molar-refractivity contribution in [3.8, 4) is 17.0 Å². The van der Waals surface area contributed by atoms with Crippen molar-refractivity contribution in [2.75, 3.05) is 26.2 Å². The number of aromatic nitrogens is 3. The van der Waals surface area contributed by atoms with Crippen LogP contribution in [0.2, 0.25) is 0 Å². The highest BCUT2D eigenvalue weighted by Crippen LogP contribution is 2.42. The molecule has 41 heavy (non-hydrogen) atoms. The zero-order chi connectivity index (χ0) is 29.3. The number of H-pyrrole nitrogens is 1. The van der Waals surface area contributed by atoms with Crippen molar-refractivity contribution in [1.82, 2.24) is 29.9 Å². The third-order valence-corrected chi connectivity index (χ3v) is 8.54. The highest BCUT2D eigenvalue weighted by molar-refractivity contribution is 5.86. The molecule has 3 aromatic rings. The van der Waals surface area contributed by atoms with Gasteiger partial charge in [0.25, 0.3) is 0 Å². The third kappa shape index (κ3) is 4.85. The van der Waals surface area contributed by atoms with Crippen molar-refractivity contribution >= 4 is 23.2 Å². The van der Waals surface area contributed by atoms with Crippen LogP contribution in [0.25, 0.3) is 22.3 Å². The van der Waals surface area contributed by atoms with Gasteiger partial charge in [0.05, 0.1) is 11.2 Å². The lowest BCUT2D eigenvalue weighted by molar-refractivity contribution is -0.0111. The summed E-state index contributed by atoms with van der Waals surface area (Å²) >= 11 is 0. The van der Waals surface area contributed by atoms with Crippen molar-refractivity contribution in [3.05, 3.63) is 41.3 Å². The number of nitrogens with zero attached hydrogens (tertiary/aromatic N) is 5.